The molecule has 5 nitrogen and oxygen atoms in total. The molecular formula is C16H18ClN5. The lowest BCUT2D eigenvalue weighted by molar-refractivity contribution is 0.405. The van der Waals surface area contributed by atoms with Crippen LogP contribution in [0, 0.1) is 17.9 Å². The molecule has 22 heavy (non-hydrogen) atoms. The molecule has 1 saturated carbocycles. The molecule has 0 aromatic carbocycles. The molecule has 2 aliphatic rings. The first kappa shape index (κ1) is 15.1. The van der Waals surface area contributed by atoms with Gasteiger partial charge in [0, 0.05) is 25.2 Å². The van der Waals surface area contributed by atoms with Crippen molar-refractivity contribution in [2.24, 2.45) is 0 Å². The summed E-state index contributed by atoms with van der Waals surface area (Å²) in [5.74, 6) is 0.928. The normalized spacial score (nSPS) is 24.7. The summed E-state index contributed by atoms with van der Waals surface area (Å²) in [4.78, 5) is 10.3. The van der Waals surface area contributed by atoms with Crippen LogP contribution in [0.4, 0.5) is 11.5 Å². The van der Waals surface area contributed by atoms with Gasteiger partial charge in [-0.15, -0.1) is 0 Å². The molecule has 1 aromatic heterocycles. The van der Waals surface area contributed by atoms with Crippen molar-refractivity contribution in [1.29, 1.82) is 5.26 Å². The van der Waals surface area contributed by atoms with Gasteiger partial charge in [-0.1, -0.05) is 11.6 Å². The Bertz CT molecular complexity index is 673. The maximum atomic E-state index is 9.38. The average molecular weight is 316 g/mol. The molecule has 3 rings (SSSR count). The summed E-state index contributed by atoms with van der Waals surface area (Å²) >= 11 is 6.25. The van der Waals surface area contributed by atoms with E-state index < -0.39 is 0 Å². The minimum atomic E-state index is 0.227. The number of anilines is 1. The minimum Gasteiger partial charge on any atom is -0.362 e. The Kier molecular flexibility index (Phi) is 3.95. The summed E-state index contributed by atoms with van der Waals surface area (Å²) in [6, 6.07) is 2.78. The second kappa shape index (κ2) is 5.76. The van der Waals surface area contributed by atoms with Crippen LogP contribution < -0.4 is 10.2 Å². The monoisotopic (exact) mass is 315 g/mol. The smallest absolute Gasteiger partial charge is 0.233 e. The number of nitrogens with one attached hydrogen (secondary N) is 1. The number of rotatable bonds is 2. The second-order valence-corrected chi connectivity index (χ2v) is 6.59. The molecule has 1 aromatic rings. The van der Waals surface area contributed by atoms with Crippen LogP contribution >= 0.6 is 11.6 Å². The first-order valence-corrected chi connectivity index (χ1v) is 7.94. The van der Waals surface area contributed by atoms with Gasteiger partial charge in [0.15, 0.2) is 0 Å². The summed E-state index contributed by atoms with van der Waals surface area (Å²) < 4.78 is 0. The Morgan fingerprint density at radius 2 is 2.00 bits per heavy atom. The standard InChI is InChI=1S/C16H18ClN5/c1-9-7-22(8-10(2)20-9)16-14(19-3)13(11-4-5-11)12(6-18)15(17)21-16/h9-11,20H,4-5,7-8H2,1-2H3. The van der Waals surface area contributed by atoms with Crippen molar-refractivity contribution in [2.45, 2.75) is 44.7 Å². The maximum Gasteiger partial charge on any atom is 0.233 e. The van der Waals surface area contributed by atoms with Gasteiger partial charge in [-0.3, -0.25) is 0 Å². The van der Waals surface area contributed by atoms with Gasteiger partial charge >= 0.3 is 0 Å². The van der Waals surface area contributed by atoms with Crippen LogP contribution in [-0.4, -0.2) is 30.2 Å². The van der Waals surface area contributed by atoms with Crippen LogP contribution in [0.2, 0.25) is 5.15 Å². The van der Waals surface area contributed by atoms with Crippen LogP contribution in [-0.2, 0) is 0 Å². The van der Waals surface area contributed by atoms with Crippen molar-refractivity contribution < 1.29 is 0 Å². The van der Waals surface area contributed by atoms with Gasteiger partial charge in [0.05, 0.1) is 12.1 Å². The van der Waals surface area contributed by atoms with Crippen LogP contribution in [0.5, 0.6) is 0 Å². The van der Waals surface area contributed by atoms with E-state index in [4.69, 9.17) is 18.2 Å². The summed E-state index contributed by atoms with van der Waals surface area (Å²) in [5.41, 5.74) is 1.71. The third kappa shape index (κ3) is 2.63. The number of piperazine rings is 1. The highest BCUT2D eigenvalue weighted by Crippen LogP contribution is 2.50. The molecule has 0 radical (unpaired) electrons. The molecule has 1 N–H and O–H groups in total. The third-order valence-electron chi connectivity index (χ3n) is 4.21. The predicted molar refractivity (Wildman–Crippen MR) is 86.5 cm³/mol. The van der Waals surface area contributed by atoms with E-state index in [-0.39, 0.29) is 11.1 Å². The Labute approximate surface area is 135 Å². The van der Waals surface area contributed by atoms with Gasteiger partial charge < -0.3 is 10.2 Å². The molecule has 0 bridgehead atoms. The number of aromatic nitrogens is 1. The molecule has 2 fully saturated rings. The molecular weight excluding hydrogens is 298 g/mol. The number of nitrogens with zero attached hydrogens (tertiary/aromatic N) is 4. The molecule has 1 saturated heterocycles. The third-order valence-corrected chi connectivity index (χ3v) is 4.49. The van der Waals surface area contributed by atoms with E-state index in [0.29, 0.717) is 29.2 Å². The molecule has 0 spiro atoms. The number of nitriles is 1. The molecule has 114 valence electrons. The van der Waals surface area contributed by atoms with E-state index in [1.165, 1.54) is 0 Å². The maximum absolute atomic E-state index is 9.38. The van der Waals surface area contributed by atoms with Crippen molar-refractivity contribution in [3.8, 4) is 6.07 Å². The second-order valence-electron chi connectivity index (χ2n) is 6.24. The lowest BCUT2D eigenvalue weighted by atomic mass is 10.0. The molecule has 0 amide bonds. The zero-order valence-electron chi connectivity index (χ0n) is 12.7. The molecule has 1 aliphatic heterocycles. The lowest BCUT2D eigenvalue weighted by Gasteiger charge is -2.37. The van der Waals surface area contributed by atoms with E-state index in [1.54, 1.807) is 0 Å². The number of hydrogen-bond acceptors (Lipinski definition) is 4. The van der Waals surface area contributed by atoms with E-state index in [9.17, 15) is 5.26 Å². The van der Waals surface area contributed by atoms with Crippen molar-refractivity contribution in [3.63, 3.8) is 0 Å². The average Bonchev–Trinajstić information content (AvgIpc) is 3.29. The fraction of sp³-hybridized carbons (Fsp3) is 0.562. The van der Waals surface area contributed by atoms with Crippen LogP contribution in [0.1, 0.15) is 43.7 Å². The van der Waals surface area contributed by atoms with Gasteiger partial charge in [0.1, 0.15) is 17.0 Å². The molecule has 2 heterocycles. The predicted octanol–water partition coefficient (Wildman–Crippen LogP) is 3.22. The topological polar surface area (TPSA) is 56.3 Å². The largest absolute Gasteiger partial charge is 0.362 e. The van der Waals surface area contributed by atoms with Crippen LogP contribution in [0.15, 0.2) is 0 Å². The van der Waals surface area contributed by atoms with Gasteiger partial charge in [-0.05, 0) is 38.2 Å². The molecule has 1 aliphatic carbocycles. The lowest BCUT2D eigenvalue weighted by Crippen LogP contribution is -2.54. The van der Waals surface area contributed by atoms with Gasteiger partial charge in [-0.25, -0.2) is 9.83 Å². The highest BCUT2D eigenvalue weighted by Gasteiger charge is 2.34. The fourth-order valence-electron chi connectivity index (χ4n) is 3.26. The quantitative estimate of drug-likeness (QED) is 0.672. The SMILES string of the molecule is [C-]#[N+]c1c(N2CC(C)NC(C)C2)nc(Cl)c(C#N)c1C1CC1. The summed E-state index contributed by atoms with van der Waals surface area (Å²) in [6.45, 7) is 13.4. The molecule has 2 unspecified atom stereocenters. The number of pyridine rings is 1. The number of hydrogen-bond donors (Lipinski definition) is 1. The minimum absolute atomic E-state index is 0.227. The van der Waals surface area contributed by atoms with Crippen molar-refractivity contribution in [1.82, 2.24) is 10.3 Å². The van der Waals surface area contributed by atoms with E-state index in [2.05, 4.69) is 40.0 Å². The van der Waals surface area contributed by atoms with Gasteiger partial charge in [0.2, 0.25) is 5.69 Å². The van der Waals surface area contributed by atoms with Crippen molar-refractivity contribution in [3.05, 3.63) is 27.7 Å². The Morgan fingerprint density at radius 3 is 2.50 bits per heavy atom. The number of halogens is 1. The van der Waals surface area contributed by atoms with Crippen LogP contribution in [0.25, 0.3) is 4.85 Å². The van der Waals surface area contributed by atoms with E-state index >= 15 is 0 Å². The van der Waals surface area contributed by atoms with Crippen LogP contribution in [0.3, 0.4) is 0 Å². The first-order valence-electron chi connectivity index (χ1n) is 7.57. The zero-order valence-corrected chi connectivity index (χ0v) is 13.5. The van der Waals surface area contributed by atoms with Gasteiger partial charge in [0.25, 0.3) is 0 Å². The fourth-order valence-corrected chi connectivity index (χ4v) is 3.48. The highest BCUT2D eigenvalue weighted by molar-refractivity contribution is 6.31. The molecule has 2 atom stereocenters. The first-order chi connectivity index (χ1) is 10.5. The Morgan fingerprint density at radius 1 is 1.36 bits per heavy atom. The van der Waals surface area contributed by atoms with Crippen molar-refractivity contribution >= 4 is 23.1 Å². The van der Waals surface area contributed by atoms with E-state index in [0.717, 1.165) is 31.5 Å². The summed E-state index contributed by atoms with van der Waals surface area (Å²) in [7, 11) is 0. The Hall–Kier alpha value is -1.82. The highest BCUT2D eigenvalue weighted by atomic mass is 35.5. The van der Waals surface area contributed by atoms with Gasteiger partial charge in [-0.2, -0.15) is 5.26 Å². The Balaban J connectivity index is 2.12. The van der Waals surface area contributed by atoms with E-state index in [1.807, 2.05) is 0 Å². The zero-order chi connectivity index (χ0) is 15.9. The van der Waals surface area contributed by atoms with Crippen molar-refractivity contribution in [2.75, 3.05) is 18.0 Å². The molecule has 6 heteroatoms. The summed E-state index contributed by atoms with van der Waals surface area (Å²) in [6.07, 6.45) is 2.04. The summed E-state index contributed by atoms with van der Waals surface area (Å²) in [5, 5.41) is 13.1.